The van der Waals surface area contributed by atoms with Gasteiger partial charge in [0.05, 0.1) is 22.3 Å². The smallest absolute Gasteiger partial charge is 0.275 e. The molecule has 8 heteroatoms. The van der Waals surface area contributed by atoms with Crippen LogP contribution in [0.3, 0.4) is 0 Å². The van der Waals surface area contributed by atoms with Gasteiger partial charge in [0.2, 0.25) is 0 Å². The van der Waals surface area contributed by atoms with E-state index in [0.717, 1.165) is 0 Å². The van der Waals surface area contributed by atoms with Crippen molar-refractivity contribution in [3.05, 3.63) is 57.7 Å². The maximum atomic E-state index is 12.9. The van der Waals surface area contributed by atoms with Gasteiger partial charge in [-0.2, -0.15) is 5.26 Å². The molecule has 3 heterocycles. The number of nitrogens with one attached hydrogen (secondary N) is 1. The number of nitriles is 1. The number of anilines is 1. The van der Waals surface area contributed by atoms with Crippen LogP contribution in [-0.4, -0.2) is 21.6 Å². The van der Waals surface area contributed by atoms with Crippen LogP contribution in [0.1, 0.15) is 5.56 Å². The van der Waals surface area contributed by atoms with Gasteiger partial charge >= 0.3 is 0 Å². The first-order valence-electron chi connectivity index (χ1n) is 7.30. The highest BCUT2D eigenvalue weighted by Gasteiger charge is 2.18. The van der Waals surface area contributed by atoms with Crippen LogP contribution >= 0.6 is 22.9 Å². The van der Waals surface area contributed by atoms with Crippen LogP contribution < -0.4 is 10.9 Å². The molecule has 0 saturated carbocycles. The minimum Gasteiger partial charge on any atom is -0.386 e. The van der Waals surface area contributed by atoms with Gasteiger partial charge in [0, 0.05) is 18.3 Å². The molecule has 122 valence electrons. The molecule has 0 fully saturated rings. The number of nitrogens with zero attached hydrogens (tertiary/aromatic N) is 4. The highest BCUT2D eigenvalue weighted by molar-refractivity contribution is 7.25. The van der Waals surface area contributed by atoms with Crippen LogP contribution in [0.15, 0.2) is 41.6 Å². The molecule has 25 heavy (non-hydrogen) atoms. The van der Waals surface area contributed by atoms with Crippen LogP contribution in [0.2, 0.25) is 5.02 Å². The average molecular weight is 368 g/mol. The molecule has 1 aromatic carbocycles. The van der Waals surface area contributed by atoms with Gasteiger partial charge in [-0.15, -0.1) is 11.3 Å². The van der Waals surface area contributed by atoms with E-state index in [1.807, 2.05) is 0 Å². The Morgan fingerprint density at radius 2 is 2.04 bits per heavy atom. The summed E-state index contributed by atoms with van der Waals surface area (Å²) in [6, 6.07) is 9.07. The molecule has 0 atom stereocenters. The molecule has 0 aliphatic heterocycles. The van der Waals surface area contributed by atoms with Crippen LogP contribution in [0.5, 0.6) is 0 Å². The molecule has 0 aliphatic carbocycles. The van der Waals surface area contributed by atoms with Gasteiger partial charge < -0.3 is 5.32 Å². The number of halogens is 1. The zero-order valence-corrected chi connectivity index (χ0v) is 14.5. The average Bonchev–Trinajstić information content (AvgIpc) is 3.02. The number of fused-ring (bicyclic) bond motifs is 3. The third-order valence-corrected chi connectivity index (χ3v) is 5.21. The van der Waals surface area contributed by atoms with Gasteiger partial charge in [-0.3, -0.25) is 9.36 Å². The number of benzene rings is 1. The highest BCUT2D eigenvalue weighted by Crippen LogP contribution is 2.35. The van der Waals surface area contributed by atoms with Crippen molar-refractivity contribution in [1.29, 1.82) is 5.26 Å². The topological polar surface area (TPSA) is 83.6 Å². The van der Waals surface area contributed by atoms with Crippen molar-refractivity contribution in [3.8, 4) is 11.8 Å². The normalized spacial score (nSPS) is 10.9. The second-order valence-electron chi connectivity index (χ2n) is 5.26. The predicted octanol–water partition coefficient (Wildman–Crippen LogP) is 3.56. The molecule has 0 radical (unpaired) electrons. The molecule has 0 bridgehead atoms. The van der Waals surface area contributed by atoms with E-state index in [9.17, 15) is 10.1 Å². The lowest BCUT2D eigenvalue weighted by molar-refractivity contribution is 0.968. The Labute approximate surface area is 150 Å². The van der Waals surface area contributed by atoms with Crippen LogP contribution in [0, 0.1) is 11.3 Å². The summed E-state index contributed by atoms with van der Waals surface area (Å²) in [6.45, 7) is 0. The molecule has 0 amide bonds. The van der Waals surface area contributed by atoms with Crippen LogP contribution in [0.4, 0.5) is 5.69 Å². The molecular formula is C17H10ClN5OS. The fourth-order valence-electron chi connectivity index (χ4n) is 2.72. The fraction of sp³-hybridized carbons (Fsp3) is 0.0588. The van der Waals surface area contributed by atoms with Crippen molar-refractivity contribution in [2.45, 2.75) is 0 Å². The van der Waals surface area contributed by atoms with E-state index in [0.29, 0.717) is 42.4 Å². The van der Waals surface area contributed by atoms with E-state index in [1.165, 1.54) is 28.4 Å². The third kappa shape index (κ3) is 2.35. The first kappa shape index (κ1) is 15.6. The lowest BCUT2D eigenvalue weighted by Crippen LogP contribution is -2.17. The number of pyridine rings is 1. The predicted molar refractivity (Wildman–Crippen MR) is 99.8 cm³/mol. The van der Waals surface area contributed by atoms with Gasteiger partial charge in [-0.05, 0) is 24.3 Å². The van der Waals surface area contributed by atoms with Gasteiger partial charge in [0.25, 0.3) is 5.56 Å². The Hall–Kier alpha value is -2.95. The summed E-state index contributed by atoms with van der Waals surface area (Å²) in [6.07, 6.45) is 2.99. The van der Waals surface area contributed by atoms with Gasteiger partial charge in [-0.25, -0.2) is 9.97 Å². The molecule has 0 unspecified atom stereocenters. The summed E-state index contributed by atoms with van der Waals surface area (Å²) < 4.78 is 1.96. The summed E-state index contributed by atoms with van der Waals surface area (Å²) in [7, 11) is 1.73. The maximum absolute atomic E-state index is 12.9. The quantitative estimate of drug-likeness (QED) is 0.585. The van der Waals surface area contributed by atoms with Gasteiger partial charge in [0.15, 0.2) is 0 Å². The van der Waals surface area contributed by atoms with E-state index in [2.05, 4.69) is 21.4 Å². The number of thiophene rings is 1. The molecule has 0 spiro atoms. The van der Waals surface area contributed by atoms with E-state index >= 15 is 0 Å². The lowest BCUT2D eigenvalue weighted by Gasteiger charge is -2.06. The Bertz CT molecular complexity index is 1220. The molecule has 4 aromatic rings. The van der Waals surface area contributed by atoms with Gasteiger partial charge in [-0.1, -0.05) is 11.6 Å². The zero-order chi connectivity index (χ0) is 17.6. The monoisotopic (exact) mass is 367 g/mol. The van der Waals surface area contributed by atoms with E-state index in [4.69, 9.17) is 11.6 Å². The second-order valence-corrected chi connectivity index (χ2v) is 6.70. The first-order valence-corrected chi connectivity index (χ1v) is 8.50. The summed E-state index contributed by atoms with van der Waals surface area (Å²) in [5, 5.41) is 13.6. The number of rotatable bonds is 2. The van der Waals surface area contributed by atoms with Crippen molar-refractivity contribution in [2.75, 3.05) is 12.4 Å². The zero-order valence-electron chi connectivity index (χ0n) is 12.9. The minimum absolute atomic E-state index is 0.184. The molecule has 0 aliphatic rings. The molecule has 6 nitrogen and oxygen atoms in total. The van der Waals surface area contributed by atoms with Gasteiger partial charge in [0.1, 0.15) is 27.4 Å². The molecule has 3 aromatic heterocycles. The van der Waals surface area contributed by atoms with Crippen molar-refractivity contribution < 1.29 is 0 Å². The second kappa shape index (κ2) is 5.84. The van der Waals surface area contributed by atoms with Crippen molar-refractivity contribution in [1.82, 2.24) is 14.5 Å². The van der Waals surface area contributed by atoms with Crippen LogP contribution in [0.25, 0.3) is 26.1 Å². The molecule has 4 rings (SSSR count). The minimum atomic E-state index is -0.184. The van der Waals surface area contributed by atoms with Crippen molar-refractivity contribution in [3.63, 3.8) is 0 Å². The molecule has 0 saturated heterocycles. The Morgan fingerprint density at radius 1 is 1.28 bits per heavy atom. The van der Waals surface area contributed by atoms with E-state index in [-0.39, 0.29) is 5.56 Å². The maximum Gasteiger partial charge on any atom is 0.275 e. The highest BCUT2D eigenvalue weighted by atomic mass is 35.5. The lowest BCUT2D eigenvalue weighted by atomic mass is 10.2. The Balaban J connectivity index is 2.06. The standard InChI is InChI=1S/C17H10ClN5OS/c1-20-13-9(6-19)7-21-16-12(13)14-15(25-16)17(24)23(8-22-14)11-4-2-10(18)3-5-11/h2-5,7-8H,1H3,(H,20,21). The first-order chi connectivity index (χ1) is 12.1. The fourth-order valence-corrected chi connectivity index (χ4v) is 3.89. The largest absolute Gasteiger partial charge is 0.386 e. The van der Waals surface area contributed by atoms with Crippen LogP contribution in [-0.2, 0) is 0 Å². The van der Waals surface area contributed by atoms with E-state index < -0.39 is 0 Å². The Morgan fingerprint density at radius 3 is 2.72 bits per heavy atom. The summed E-state index contributed by atoms with van der Waals surface area (Å²) >= 11 is 7.17. The van der Waals surface area contributed by atoms with Crippen molar-refractivity contribution >= 4 is 49.1 Å². The summed E-state index contributed by atoms with van der Waals surface area (Å²) in [5.41, 5.74) is 2.09. The third-order valence-electron chi connectivity index (χ3n) is 3.89. The summed E-state index contributed by atoms with van der Waals surface area (Å²) in [4.78, 5) is 22.4. The van der Waals surface area contributed by atoms with E-state index in [1.54, 1.807) is 31.3 Å². The molecular weight excluding hydrogens is 358 g/mol. The summed E-state index contributed by atoms with van der Waals surface area (Å²) in [5.74, 6) is 0. The van der Waals surface area contributed by atoms with Crippen molar-refractivity contribution in [2.24, 2.45) is 0 Å². The Kier molecular flexibility index (Phi) is 3.64. The number of aromatic nitrogens is 3. The molecule has 1 N–H and O–H groups in total. The SMILES string of the molecule is CNc1c(C#N)cnc2sc3c(=O)n(-c4ccc(Cl)cc4)cnc3c12. The number of hydrogen-bond acceptors (Lipinski definition) is 6. The number of hydrogen-bond donors (Lipinski definition) is 1.